The molecule has 172 valence electrons. The molecule has 0 bridgehead atoms. The minimum atomic E-state index is -0.510. The fraction of sp³-hybridized carbons (Fsp3) is 0.481. The summed E-state index contributed by atoms with van der Waals surface area (Å²) in [5.74, 6) is 1.49. The van der Waals surface area contributed by atoms with Crippen molar-refractivity contribution in [3.05, 3.63) is 65.8 Å². The molecule has 1 fully saturated rings. The Morgan fingerprint density at radius 2 is 2.00 bits per heavy atom. The molecule has 0 N–H and O–H groups in total. The molecule has 5 heteroatoms. The lowest BCUT2D eigenvalue weighted by Gasteiger charge is -2.39. The number of hydrogen-bond acceptors (Lipinski definition) is 4. The first-order chi connectivity index (χ1) is 15.2. The van der Waals surface area contributed by atoms with E-state index in [-0.39, 0.29) is 6.09 Å². The summed E-state index contributed by atoms with van der Waals surface area (Å²) in [6.07, 6.45) is 7.68. The zero-order chi connectivity index (χ0) is 23.7. The van der Waals surface area contributed by atoms with Gasteiger partial charge in [0.1, 0.15) is 11.4 Å². The van der Waals surface area contributed by atoms with E-state index >= 15 is 0 Å². The van der Waals surface area contributed by atoms with Crippen LogP contribution >= 0.6 is 0 Å². The predicted octanol–water partition coefficient (Wildman–Crippen LogP) is 6.40. The second kappa shape index (κ2) is 11.6. The highest BCUT2D eigenvalue weighted by Gasteiger charge is 2.34. The number of nitriles is 1. The minimum absolute atomic E-state index is 0.247. The summed E-state index contributed by atoms with van der Waals surface area (Å²) in [6.45, 7) is 12.7. The number of amides is 1. The Hall–Kier alpha value is -3.00. The first-order valence-electron chi connectivity index (χ1n) is 11.2. The Labute approximate surface area is 193 Å². The number of carbonyl (C=O) groups excluding carboxylic acids is 1. The van der Waals surface area contributed by atoms with Gasteiger partial charge in [-0.05, 0) is 88.6 Å². The van der Waals surface area contributed by atoms with E-state index in [0.717, 1.165) is 30.6 Å². The Morgan fingerprint density at radius 1 is 1.31 bits per heavy atom. The van der Waals surface area contributed by atoms with Gasteiger partial charge in [-0.1, -0.05) is 30.4 Å². The van der Waals surface area contributed by atoms with Gasteiger partial charge in [-0.15, -0.1) is 0 Å². The SMILES string of the molecule is C=C/C=C(C#N)\C=C(/C)CC[C@@H]1CN(C(=O)OC(C)(C)C)CC[C@H]1c1ccc(OC)cc1. The van der Waals surface area contributed by atoms with Crippen LogP contribution < -0.4 is 4.74 Å². The van der Waals surface area contributed by atoms with Gasteiger partial charge in [0.05, 0.1) is 18.8 Å². The molecule has 1 saturated heterocycles. The van der Waals surface area contributed by atoms with Crippen LogP contribution in [0.1, 0.15) is 58.4 Å². The third kappa shape index (κ3) is 7.60. The molecule has 5 nitrogen and oxygen atoms in total. The molecule has 0 aromatic heterocycles. The quantitative estimate of drug-likeness (QED) is 0.366. The summed E-state index contributed by atoms with van der Waals surface area (Å²) >= 11 is 0. The molecule has 0 radical (unpaired) electrons. The van der Waals surface area contributed by atoms with Crippen LogP contribution in [0.25, 0.3) is 0 Å². The standard InChI is InChI=1S/C27H36N2O3/c1-7-8-21(18-28)17-20(2)9-10-23-19-29(26(30)32-27(3,4)5)16-15-25(23)22-11-13-24(31-6)14-12-22/h7-8,11-14,17,23,25H,1,9-10,15-16,19H2,2-6H3/b20-17+,21-8+/t23-,25+/m1/s1. The smallest absolute Gasteiger partial charge is 0.410 e. The van der Waals surface area contributed by atoms with Gasteiger partial charge in [-0.3, -0.25) is 0 Å². The molecule has 0 spiro atoms. The van der Waals surface area contributed by atoms with Crippen molar-refractivity contribution in [1.82, 2.24) is 4.90 Å². The number of carbonyl (C=O) groups is 1. The minimum Gasteiger partial charge on any atom is -0.497 e. The molecule has 2 rings (SSSR count). The van der Waals surface area contributed by atoms with Crippen LogP contribution in [0.5, 0.6) is 5.75 Å². The van der Waals surface area contributed by atoms with Gasteiger partial charge in [0.25, 0.3) is 0 Å². The lowest BCUT2D eigenvalue weighted by molar-refractivity contribution is 0.0139. The normalized spacial score (nSPS) is 19.8. The summed E-state index contributed by atoms with van der Waals surface area (Å²) < 4.78 is 10.9. The highest BCUT2D eigenvalue weighted by Crippen LogP contribution is 2.37. The number of hydrogen-bond donors (Lipinski definition) is 0. The first kappa shape index (κ1) is 25.3. The van der Waals surface area contributed by atoms with Crippen molar-refractivity contribution >= 4 is 6.09 Å². The summed E-state index contributed by atoms with van der Waals surface area (Å²) in [7, 11) is 1.67. The molecule has 0 aliphatic carbocycles. The third-order valence-electron chi connectivity index (χ3n) is 5.67. The molecule has 32 heavy (non-hydrogen) atoms. The topological polar surface area (TPSA) is 62.6 Å². The van der Waals surface area contributed by atoms with Crippen LogP contribution in [0.2, 0.25) is 0 Å². The lowest BCUT2D eigenvalue weighted by Crippen LogP contribution is -2.45. The van der Waals surface area contributed by atoms with Gasteiger partial charge in [0.2, 0.25) is 0 Å². The Bertz CT molecular complexity index is 885. The van der Waals surface area contributed by atoms with E-state index in [9.17, 15) is 10.1 Å². The number of methoxy groups -OCH3 is 1. The fourth-order valence-electron chi connectivity index (χ4n) is 4.10. The van der Waals surface area contributed by atoms with Crippen LogP contribution in [-0.2, 0) is 4.74 Å². The molecule has 0 saturated carbocycles. The van der Waals surface area contributed by atoms with Crippen molar-refractivity contribution in [2.45, 2.75) is 58.5 Å². The molecule has 1 aliphatic rings. The van der Waals surface area contributed by atoms with Crippen LogP contribution in [0, 0.1) is 17.2 Å². The molecule has 0 unspecified atom stereocenters. The number of allylic oxidation sites excluding steroid dienone is 5. The van der Waals surface area contributed by atoms with Crippen LogP contribution in [0.3, 0.4) is 0 Å². The number of likely N-dealkylation sites (tertiary alicyclic amines) is 1. The second-order valence-electron chi connectivity index (χ2n) is 9.35. The van der Waals surface area contributed by atoms with E-state index in [1.165, 1.54) is 5.56 Å². The predicted molar refractivity (Wildman–Crippen MR) is 129 cm³/mol. The monoisotopic (exact) mass is 436 g/mol. The maximum atomic E-state index is 12.7. The molecule has 1 aliphatic heterocycles. The average Bonchev–Trinajstić information content (AvgIpc) is 2.76. The first-order valence-corrected chi connectivity index (χ1v) is 11.2. The van der Waals surface area contributed by atoms with Crippen molar-refractivity contribution in [3.8, 4) is 11.8 Å². The fourth-order valence-corrected chi connectivity index (χ4v) is 4.10. The highest BCUT2D eigenvalue weighted by molar-refractivity contribution is 5.68. The summed E-state index contributed by atoms with van der Waals surface area (Å²) in [5.41, 5.74) is 2.50. The Balaban J connectivity index is 2.19. The van der Waals surface area contributed by atoms with Gasteiger partial charge in [0.15, 0.2) is 0 Å². The van der Waals surface area contributed by atoms with E-state index in [1.807, 2.05) is 50.8 Å². The van der Waals surface area contributed by atoms with Crippen LogP contribution in [0.4, 0.5) is 4.79 Å². The van der Waals surface area contributed by atoms with E-state index in [2.05, 4.69) is 24.8 Å². The van der Waals surface area contributed by atoms with Gasteiger partial charge < -0.3 is 14.4 Å². The number of rotatable bonds is 7. The highest BCUT2D eigenvalue weighted by atomic mass is 16.6. The van der Waals surface area contributed by atoms with Crippen LogP contribution in [0.15, 0.2) is 60.2 Å². The number of benzene rings is 1. The van der Waals surface area contributed by atoms with Crippen molar-refractivity contribution < 1.29 is 14.3 Å². The van der Waals surface area contributed by atoms with E-state index < -0.39 is 5.60 Å². The van der Waals surface area contributed by atoms with Crippen LogP contribution in [-0.4, -0.2) is 36.8 Å². The van der Waals surface area contributed by atoms with E-state index in [4.69, 9.17) is 9.47 Å². The second-order valence-corrected chi connectivity index (χ2v) is 9.35. The summed E-state index contributed by atoms with van der Waals surface area (Å²) in [6, 6.07) is 10.4. The van der Waals surface area contributed by atoms with E-state index in [0.29, 0.717) is 30.5 Å². The maximum absolute atomic E-state index is 12.7. The molecule has 2 atom stereocenters. The van der Waals surface area contributed by atoms with Crippen molar-refractivity contribution in [2.75, 3.05) is 20.2 Å². The molecule has 1 aromatic carbocycles. The molecule has 1 heterocycles. The Morgan fingerprint density at radius 3 is 2.56 bits per heavy atom. The number of nitrogens with zero attached hydrogens (tertiary/aromatic N) is 2. The zero-order valence-corrected chi connectivity index (χ0v) is 20.1. The molecular weight excluding hydrogens is 400 g/mol. The average molecular weight is 437 g/mol. The van der Waals surface area contributed by atoms with Gasteiger partial charge in [-0.25, -0.2) is 4.79 Å². The van der Waals surface area contributed by atoms with Crippen molar-refractivity contribution in [2.24, 2.45) is 5.92 Å². The largest absolute Gasteiger partial charge is 0.497 e. The van der Waals surface area contributed by atoms with Crippen molar-refractivity contribution in [1.29, 1.82) is 5.26 Å². The number of ether oxygens (including phenoxy) is 2. The van der Waals surface area contributed by atoms with Gasteiger partial charge >= 0.3 is 6.09 Å². The Kier molecular flexibility index (Phi) is 9.13. The molecule has 1 aromatic rings. The lowest BCUT2D eigenvalue weighted by atomic mass is 9.77. The number of piperidine rings is 1. The zero-order valence-electron chi connectivity index (χ0n) is 20.1. The molecular formula is C27H36N2O3. The maximum Gasteiger partial charge on any atom is 0.410 e. The summed E-state index contributed by atoms with van der Waals surface area (Å²) in [5, 5.41) is 9.27. The van der Waals surface area contributed by atoms with Gasteiger partial charge in [-0.2, -0.15) is 5.26 Å². The molecule has 1 amide bonds. The van der Waals surface area contributed by atoms with Gasteiger partial charge in [0, 0.05) is 13.1 Å². The van der Waals surface area contributed by atoms with Crippen molar-refractivity contribution in [3.63, 3.8) is 0 Å². The third-order valence-corrected chi connectivity index (χ3v) is 5.67. The summed E-state index contributed by atoms with van der Waals surface area (Å²) in [4.78, 5) is 14.5. The van der Waals surface area contributed by atoms with E-state index in [1.54, 1.807) is 19.3 Å².